The maximum Gasteiger partial charge on any atom is 0.254 e. The number of thiophene rings is 1. The van der Waals surface area contributed by atoms with E-state index in [1.54, 1.807) is 40.5 Å². The number of carbonyl (C=O) groups excluding carboxylic acids is 2. The van der Waals surface area contributed by atoms with Crippen LogP contribution in [0.4, 0.5) is 4.39 Å². The fourth-order valence-corrected chi connectivity index (χ4v) is 5.78. The van der Waals surface area contributed by atoms with Crippen molar-refractivity contribution in [1.29, 1.82) is 0 Å². The van der Waals surface area contributed by atoms with Crippen molar-refractivity contribution in [3.63, 3.8) is 0 Å². The summed E-state index contributed by atoms with van der Waals surface area (Å²) in [6, 6.07) is 16.7. The van der Waals surface area contributed by atoms with E-state index < -0.39 is 0 Å². The first-order valence-electron chi connectivity index (χ1n) is 12.3. The topological polar surface area (TPSA) is 59.1 Å². The molecule has 0 bridgehead atoms. The Morgan fingerprint density at radius 1 is 1.11 bits per heavy atom. The maximum absolute atomic E-state index is 13.7. The van der Waals surface area contributed by atoms with Crippen LogP contribution in [0.5, 0.6) is 5.75 Å². The Balaban J connectivity index is 1.34. The molecule has 3 aromatic rings. The smallest absolute Gasteiger partial charge is 0.254 e. The summed E-state index contributed by atoms with van der Waals surface area (Å²) in [5, 5.41) is 2.03. The number of fused-ring (bicyclic) bond motifs is 1. The number of amides is 2. The van der Waals surface area contributed by atoms with Crippen LogP contribution in [-0.2, 0) is 16.0 Å². The van der Waals surface area contributed by atoms with Crippen LogP contribution in [-0.4, -0.2) is 60.6 Å². The van der Waals surface area contributed by atoms with E-state index in [-0.39, 0.29) is 42.9 Å². The lowest BCUT2D eigenvalue weighted by atomic mass is 10.00. The van der Waals surface area contributed by atoms with E-state index in [0.29, 0.717) is 31.0 Å². The quantitative estimate of drug-likeness (QED) is 0.442. The fraction of sp³-hybridized carbons (Fsp3) is 0.357. The van der Waals surface area contributed by atoms with Gasteiger partial charge in [-0.2, -0.15) is 0 Å². The third-order valence-electron chi connectivity index (χ3n) is 6.72. The summed E-state index contributed by atoms with van der Waals surface area (Å²) >= 11 is 1.68. The molecule has 2 aliphatic heterocycles. The molecule has 0 N–H and O–H groups in total. The summed E-state index contributed by atoms with van der Waals surface area (Å²) < 4.78 is 25.1. The lowest BCUT2D eigenvalue weighted by Gasteiger charge is -2.37. The van der Waals surface area contributed by atoms with Crippen molar-refractivity contribution in [2.45, 2.75) is 31.4 Å². The summed E-state index contributed by atoms with van der Waals surface area (Å²) in [5.41, 5.74) is 1.63. The maximum atomic E-state index is 13.7. The molecule has 2 atom stereocenters. The second-order valence-corrected chi connectivity index (χ2v) is 10.1. The number of hydrogen-bond donors (Lipinski definition) is 0. The van der Waals surface area contributed by atoms with Crippen molar-refractivity contribution in [3.05, 3.63) is 87.9 Å². The molecule has 188 valence electrons. The van der Waals surface area contributed by atoms with Gasteiger partial charge in [-0.05, 0) is 72.7 Å². The van der Waals surface area contributed by atoms with Crippen LogP contribution in [0.2, 0.25) is 0 Å². The molecule has 8 heteroatoms. The molecule has 0 spiro atoms. The number of ether oxygens (including phenoxy) is 2. The van der Waals surface area contributed by atoms with E-state index in [0.717, 1.165) is 24.8 Å². The van der Waals surface area contributed by atoms with Gasteiger partial charge in [-0.15, -0.1) is 11.3 Å². The fourth-order valence-electron chi connectivity index (χ4n) is 4.85. The standard InChI is InChI=1S/C28H29FN2O4S/c29-21-8-10-22(11-9-21)35-19-25-24-13-16-36-26(24)12-14-31(25)27(32)18-30(17-23-7-4-15-34-23)28(33)20-5-2-1-3-6-20/h1-3,5-6,8-11,13,16,23,25H,4,7,12,14-15,17-19H2/t23-,25+/m0/s1. The highest BCUT2D eigenvalue weighted by atomic mass is 32.1. The third-order valence-corrected chi connectivity index (χ3v) is 7.72. The zero-order chi connectivity index (χ0) is 24.9. The van der Waals surface area contributed by atoms with Gasteiger partial charge < -0.3 is 19.3 Å². The Morgan fingerprint density at radius 2 is 1.92 bits per heavy atom. The molecule has 0 saturated carbocycles. The number of nitrogens with zero attached hydrogens (tertiary/aromatic N) is 2. The summed E-state index contributed by atoms with van der Waals surface area (Å²) in [6.07, 6.45) is 2.54. The van der Waals surface area contributed by atoms with Gasteiger partial charge in [0.1, 0.15) is 24.7 Å². The second kappa shape index (κ2) is 11.2. The van der Waals surface area contributed by atoms with E-state index in [1.807, 2.05) is 34.5 Å². The van der Waals surface area contributed by atoms with E-state index >= 15 is 0 Å². The molecule has 1 fully saturated rings. The summed E-state index contributed by atoms with van der Waals surface area (Å²) in [4.78, 5) is 31.8. The Bertz CT molecular complexity index is 1180. The molecule has 0 radical (unpaired) electrons. The normalized spacial score (nSPS) is 19.1. The second-order valence-electron chi connectivity index (χ2n) is 9.10. The first-order chi connectivity index (χ1) is 17.6. The molecule has 3 heterocycles. The minimum atomic E-state index is -0.327. The lowest BCUT2D eigenvalue weighted by Crippen LogP contribution is -2.49. The summed E-state index contributed by atoms with van der Waals surface area (Å²) in [6.45, 7) is 1.84. The van der Waals surface area contributed by atoms with Crippen molar-refractivity contribution < 1.29 is 23.5 Å². The minimum absolute atomic E-state index is 0.0277. The molecule has 0 unspecified atom stereocenters. The molecule has 6 nitrogen and oxygen atoms in total. The molecule has 2 amide bonds. The highest BCUT2D eigenvalue weighted by Gasteiger charge is 2.34. The number of benzene rings is 2. The Kier molecular flexibility index (Phi) is 7.63. The van der Waals surface area contributed by atoms with Crippen LogP contribution in [0, 0.1) is 5.82 Å². The van der Waals surface area contributed by atoms with Crippen LogP contribution in [0.1, 0.15) is 39.7 Å². The van der Waals surface area contributed by atoms with Crippen LogP contribution in [0.15, 0.2) is 66.0 Å². The van der Waals surface area contributed by atoms with Gasteiger partial charge in [0.2, 0.25) is 5.91 Å². The van der Waals surface area contributed by atoms with Crippen LogP contribution >= 0.6 is 11.3 Å². The lowest BCUT2D eigenvalue weighted by molar-refractivity contribution is -0.135. The Labute approximate surface area is 214 Å². The number of carbonyl (C=O) groups is 2. The molecular formula is C28H29FN2O4S. The largest absolute Gasteiger partial charge is 0.491 e. The molecule has 5 rings (SSSR count). The molecule has 1 saturated heterocycles. The highest BCUT2D eigenvalue weighted by molar-refractivity contribution is 7.10. The van der Waals surface area contributed by atoms with Gasteiger partial charge in [-0.3, -0.25) is 9.59 Å². The van der Waals surface area contributed by atoms with Crippen molar-refractivity contribution in [2.24, 2.45) is 0 Å². The number of rotatable bonds is 8. The van der Waals surface area contributed by atoms with E-state index in [1.165, 1.54) is 17.0 Å². The molecule has 1 aromatic heterocycles. The molecule has 2 aromatic carbocycles. The monoisotopic (exact) mass is 508 g/mol. The summed E-state index contributed by atoms with van der Waals surface area (Å²) in [7, 11) is 0. The minimum Gasteiger partial charge on any atom is -0.491 e. The number of halogens is 1. The van der Waals surface area contributed by atoms with Crippen molar-refractivity contribution >= 4 is 23.2 Å². The van der Waals surface area contributed by atoms with E-state index in [9.17, 15) is 14.0 Å². The summed E-state index contributed by atoms with van der Waals surface area (Å²) in [5.74, 6) is -0.0783. The van der Waals surface area contributed by atoms with Gasteiger partial charge in [0.15, 0.2) is 0 Å². The van der Waals surface area contributed by atoms with Crippen molar-refractivity contribution in [3.8, 4) is 5.75 Å². The first-order valence-corrected chi connectivity index (χ1v) is 13.2. The molecule has 36 heavy (non-hydrogen) atoms. The van der Waals surface area contributed by atoms with Crippen LogP contribution in [0.25, 0.3) is 0 Å². The molecule has 0 aliphatic carbocycles. The van der Waals surface area contributed by atoms with Gasteiger partial charge >= 0.3 is 0 Å². The first kappa shape index (κ1) is 24.5. The zero-order valence-corrected chi connectivity index (χ0v) is 20.8. The van der Waals surface area contributed by atoms with Gasteiger partial charge in [0.05, 0.1) is 12.1 Å². The van der Waals surface area contributed by atoms with Crippen LogP contribution in [0.3, 0.4) is 0 Å². The van der Waals surface area contributed by atoms with Gasteiger partial charge in [-0.25, -0.2) is 4.39 Å². The SMILES string of the molecule is O=C(c1ccccc1)N(CC(=O)N1CCc2sccc2[C@H]1COc1ccc(F)cc1)C[C@@H]1CCCO1. The molecule has 2 aliphatic rings. The number of hydrogen-bond acceptors (Lipinski definition) is 5. The van der Waals surface area contributed by atoms with Gasteiger partial charge in [0, 0.05) is 30.1 Å². The predicted molar refractivity (Wildman–Crippen MR) is 136 cm³/mol. The third kappa shape index (κ3) is 5.60. The van der Waals surface area contributed by atoms with Gasteiger partial charge in [-0.1, -0.05) is 18.2 Å². The predicted octanol–water partition coefficient (Wildman–Crippen LogP) is 4.71. The van der Waals surface area contributed by atoms with Gasteiger partial charge in [0.25, 0.3) is 5.91 Å². The Hall–Kier alpha value is -3.23. The van der Waals surface area contributed by atoms with E-state index in [4.69, 9.17) is 9.47 Å². The Morgan fingerprint density at radius 3 is 2.67 bits per heavy atom. The van der Waals surface area contributed by atoms with Crippen molar-refractivity contribution in [1.82, 2.24) is 9.80 Å². The van der Waals surface area contributed by atoms with Crippen LogP contribution < -0.4 is 4.74 Å². The van der Waals surface area contributed by atoms with E-state index in [2.05, 4.69) is 0 Å². The zero-order valence-electron chi connectivity index (χ0n) is 20.0. The average molecular weight is 509 g/mol. The average Bonchev–Trinajstić information content (AvgIpc) is 3.60. The highest BCUT2D eigenvalue weighted by Crippen LogP contribution is 2.34. The molecular weight excluding hydrogens is 479 g/mol. The van der Waals surface area contributed by atoms with Crippen molar-refractivity contribution in [2.75, 3.05) is 32.8 Å².